The highest BCUT2D eigenvalue weighted by atomic mass is 32.2. The molecule has 9 heteroatoms. The molecule has 128 valence electrons. The largest absolute Gasteiger partial charge is 0.289 e. The molecule has 24 heavy (non-hydrogen) atoms. The first-order chi connectivity index (χ1) is 11.4. The summed E-state index contributed by atoms with van der Waals surface area (Å²) in [4.78, 5) is 9.81. The fourth-order valence-electron chi connectivity index (χ4n) is 1.96. The van der Waals surface area contributed by atoms with Crippen molar-refractivity contribution in [2.45, 2.75) is 10.6 Å². The summed E-state index contributed by atoms with van der Waals surface area (Å²) in [6.45, 7) is 0.0908. The van der Waals surface area contributed by atoms with E-state index in [2.05, 4.69) is 4.72 Å². The lowest BCUT2D eigenvalue weighted by atomic mass is 10.2. The van der Waals surface area contributed by atoms with Crippen LogP contribution >= 0.6 is 11.8 Å². The van der Waals surface area contributed by atoms with Gasteiger partial charge in [-0.15, -0.1) is 0 Å². The third-order valence-corrected chi connectivity index (χ3v) is 5.62. The molecule has 0 fully saturated rings. The van der Waals surface area contributed by atoms with Gasteiger partial charge in [-0.25, -0.2) is 17.5 Å². The van der Waals surface area contributed by atoms with E-state index in [-0.39, 0.29) is 17.3 Å². The Hall–Kier alpha value is -1.97. The molecule has 1 N–H and O–H groups in total. The molecule has 0 saturated carbocycles. The minimum atomic E-state index is -3.97. The van der Waals surface area contributed by atoms with Crippen LogP contribution in [0.2, 0.25) is 0 Å². The first kappa shape index (κ1) is 18.4. The van der Waals surface area contributed by atoms with Crippen LogP contribution in [-0.4, -0.2) is 25.6 Å². The number of halogens is 1. The van der Waals surface area contributed by atoms with E-state index in [0.29, 0.717) is 17.1 Å². The number of hydrogen-bond acceptors (Lipinski definition) is 5. The lowest BCUT2D eigenvalue weighted by Crippen LogP contribution is -2.26. The summed E-state index contributed by atoms with van der Waals surface area (Å²) in [6, 6.07) is 11.5. The number of para-hydroxylation sites is 1. The van der Waals surface area contributed by atoms with Crippen LogP contribution in [0.5, 0.6) is 0 Å². The molecule has 0 unspecified atom stereocenters. The summed E-state index contributed by atoms with van der Waals surface area (Å²) in [5.41, 5.74) is 0.0769. The molecule has 0 bridgehead atoms. The first-order valence-electron chi connectivity index (χ1n) is 6.96. The van der Waals surface area contributed by atoms with Crippen LogP contribution in [0.4, 0.5) is 10.1 Å². The van der Waals surface area contributed by atoms with Gasteiger partial charge in [0.2, 0.25) is 10.0 Å². The van der Waals surface area contributed by atoms with Crippen LogP contribution in [0.1, 0.15) is 5.56 Å². The molecule has 0 spiro atoms. The maximum atomic E-state index is 13.4. The molecular formula is C15H15FN2O4S2. The molecule has 0 radical (unpaired) electrons. The Morgan fingerprint density at radius 1 is 1.12 bits per heavy atom. The fourth-order valence-corrected chi connectivity index (χ4v) is 4.13. The van der Waals surface area contributed by atoms with E-state index in [1.165, 1.54) is 36.0 Å². The minimum absolute atomic E-state index is 0.0908. The quantitative estimate of drug-likeness (QED) is 0.438. The highest BCUT2D eigenvalue weighted by molar-refractivity contribution is 7.98. The summed E-state index contributed by atoms with van der Waals surface area (Å²) in [5.74, 6) is 0.527. The second-order valence-corrected chi connectivity index (χ2v) is 7.61. The molecule has 0 aliphatic rings. The molecule has 0 aromatic heterocycles. The average Bonchev–Trinajstić information content (AvgIpc) is 2.56. The molecule has 2 aromatic carbocycles. The number of nitro benzene ring substituents is 1. The molecule has 0 aliphatic carbocycles. The van der Waals surface area contributed by atoms with Gasteiger partial charge in [0.05, 0.1) is 4.92 Å². The molecule has 0 aliphatic heterocycles. The van der Waals surface area contributed by atoms with E-state index >= 15 is 0 Å². The summed E-state index contributed by atoms with van der Waals surface area (Å²) < 4.78 is 40.1. The van der Waals surface area contributed by atoms with Gasteiger partial charge in [0.1, 0.15) is 5.82 Å². The van der Waals surface area contributed by atoms with Crippen LogP contribution in [-0.2, 0) is 15.8 Å². The van der Waals surface area contributed by atoms with Crippen molar-refractivity contribution in [3.8, 4) is 0 Å². The number of hydrogen-bond donors (Lipinski definition) is 1. The molecule has 2 aromatic rings. The summed E-state index contributed by atoms with van der Waals surface area (Å²) in [6.07, 6.45) is 0. The van der Waals surface area contributed by atoms with Crippen LogP contribution in [0.15, 0.2) is 53.4 Å². The van der Waals surface area contributed by atoms with Crippen molar-refractivity contribution < 1.29 is 17.7 Å². The zero-order chi connectivity index (χ0) is 17.6. The van der Waals surface area contributed by atoms with Crippen molar-refractivity contribution in [2.75, 3.05) is 12.3 Å². The maximum Gasteiger partial charge on any atom is 0.289 e. The first-order valence-corrected chi connectivity index (χ1v) is 9.60. The zero-order valence-electron chi connectivity index (χ0n) is 12.5. The lowest BCUT2D eigenvalue weighted by molar-refractivity contribution is -0.387. The Labute approximate surface area is 143 Å². The van der Waals surface area contributed by atoms with Crippen LogP contribution in [0, 0.1) is 15.9 Å². The van der Waals surface area contributed by atoms with E-state index < -0.39 is 20.6 Å². The van der Waals surface area contributed by atoms with E-state index in [0.717, 1.165) is 6.07 Å². The maximum absolute atomic E-state index is 13.4. The Balaban J connectivity index is 1.90. The van der Waals surface area contributed by atoms with Crippen molar-refractivity contribution in [1.29, 1.82) is 0 Å². The summed E-state index contributed by atoms with van der Waals surface area (Å²) >= 11 is 1.37. The molecule has 6 nitrogen and oxygen atoms in total. The number of benzene rings is 2. The second-order valence-electron chi connectivity index (χ2n) is 4.77. The van der Waals surface area contributed by atoms with Gasteiger partial charge in [0.25, 0.3) is 5.69 Å². The molecule has 0 saturated heterocycles. The van der Waals surface area contributed by atoms with Gasteiger partial charge < -0.3 is 0 Å². The Bertz CT molecular complexity index is 828. The molecule has 2 rings (SSSR count). The van der Waals surface area contributed by atoms with Crippen LogP contribution < -0.4 is 4.72 Å². The average molecular weight is 370 g/mol. The molecule has 0 amide bonds. The zero-order valence-corrected chi connectivity index (χ0v) is 14.1. The van der Waals surface area contributed by atoms with E-state index in [1.54, 1.807) is 18.2 Å². The van der Waals surface area contributed by atoms with Gasteiger partial charge in [0, 0.05) is 24.1 Å². The number of thioether (sulfide) groups is 1. The molecular weight excluding hydrogens is 355 g/mol. The Morgan fingerprint density at radius 2 is 1.79 bits per heavy atom. The number of nitrogens with zero attached hydrogens (tertiary/aromatic N) is 1. The number of rotatable bonds is 8. The number of nitrogens with one attached hydrogen (secondary N) is 1. The molecule has 0 atom stereocenters. The van der Waals surface area contributed by atoms with Gasteiger partial charge >= 0.3 is 0 Å². The van der Waals surface area contributed by atoms with Crippen molar-refractivity contribution >= 4 is 27.5 Å². The van der Waals surface area contributed by atoms with Gasteiger partial charge in [-0.3, -0.25) is 10.1 Å². The van der Waals surface area contributed by atoms with Gasteiger partial charge in [-0.2, -0.15) is 11.8 Å². The van der Waals surface area contributed by atoms with Crippen molar-refractivity contribution in [1.82, 2.24) is 4.72 Å². The standard InChI is InChI=1S/C15H15FN2O4S2/c16-13-6-2-1-5-12(13)11-23-10-9-17-24(21,22)15-8-4-3-7-14(15)18(19)20/h1-8,17H,9-11H2. The number of nitro groups is 1. The highest BCUT2D eigenvalue weighted by Gasteiger charge is 2.24. The van der Waals surface area contributed by atoms with Crippen molar-refractivity contribution in [2.24, 2.45) is 0 Å². The topological polar surface area (TPSA) is 89.3 Å². The van der Waals surface area contributed by atoms with Gasteiger partial charge in [-0.1, -0.05) is 30.3 Å². The third-order valence-electron chi connectivity index (χ3n) is 3.11. The van der Waals surface area contributed by atoms with Crippen LogP contribution in [0.25, 0.3) is 0 Å². The van der Waals surface area contributed by atoms with E-state index in [4.69, 9.17) is 0 Å². The van der Waals surface area contributed by atoms with E-state index in [9.17, 15) is 22.9 Å². The minimum Gasteiger partial charge on any atom is -0.258 e. The van der Waals surface area contributed by atoms with Gasteiger partial charge in [0.15, 0.2) is 4.90 Å². The Morgan fingerprint density at radius 3 is 2.50 bits per heavy atom. The van der Waals surface area contributed by atoms with E-state index in [1.807, 2.05) is 0 Å². The summed E-state index contributed by atoms with van der Waals surface area (Å²) in [7, 11) is -3.97. The third kappa shape index (κ3) is 4.76. The monoisotopic (exact) mass is 370 g/mol. The number of sulfonamides is 1. The van der Waals surface area contributed by atoms with Gasteiger partial charge in [-0.05, 0) is 17.7 Å². The van der Waals surface area contributed by atoms with Crippen molar-refractivity contribution in [3.05, 3.63) is 70.0 Å². The predicted octanol–water partition coefficient (Wildman–Crippen LogP) is 2.95. The highest BCUT2D eigenvalue weighted by Crippen LogP contribution is 2.22. The smallest absolute Gasteiger partial charge is 0.258 e. The normalized spacial score (nSPS) is 11.4. The fraction of sp³-hybridized carbons (Fsp3) is 0.200. The van der Waals surface area contributed by atoms with Crippen molar-refractivity contribution in [3.63, 3.8) is 0 Å². The van der Waals surface area contributed by atoms with Crippen LogP contribution in [0.3, 0.4) is 0 Å². The molecule has 0 heterocycles. The predicted molar refractivity (Wildman–Crippen MR) is 90.8 cm³/mol. The second kappa shape index (κ2) is 8.22. The lowest BCUT2D eigenvalue weighted by Gasteiger charge is -2.07. The Kier molecular flexibility index (Phi) is 6.29. The SMILES string of the molecule is O=[N+]([O-])c1ccccc1S(=O)(=O)NCCSCc1ccccc1F. The summed E-state index contributed by atoms with van der Waals surface area (Å²) in [5, 5.41) is 10.9.